The number of Topliss-reactive ketones (excluding diaryl/α,β-unsaturated/α-hetero) is 1. The lowest BCUT2D eigenvalue weighted by Gasteiger charge is -2.27. The van der Waals surface area contributed by atoms with Gasteiger partial charge in [0.2, 0.25) is 0 Å². The molecule has 1 amide bonds. The molecular weight excluding hydrogens is 478 g/mol. The summed E-state index contributed by atoms with van der Waals surface area (Å²) >= 11 is 0. The van der Waals surface area contributed by atoms with Crippen LogP contribution in [-0.4, -0.2) is 30.5 Å². The zero-order chi connectivity index (χ0) is 27.6. The van der Waals surface area contributed by atoms with E-state index in [-0.39, 0.29) is 16.7 Å². The Balaban J connectivity index is 1.89. The molecule has 38 heavy (non-hydrogen) atoms. The van der Waals surface area contributed by atoms with E-state index in [2.05, 4.69) is 20.8 Å². The first-order chi connectivity index (χ1) is 18.1. The summed E-state index contributed by atoms with van der Waals surface area (Å²) in [5.74, 6) is -0.383. The third-order valence-electron chi connectivity index (χ3n) is 6.78. The summed E-state index contributed by atoms with van der Waals surface area (Å²) in [4.78, 5) is 28.4. The van der Waals surface area contributed by atoms with Crippen molar-refractivity contribution < 1.29 is 24.2 Å². The number of ether oxygens (including phenoxy) is 2. The normalized spacial score (nSPS) is 17.1. The summed E-state index contributed by atoms with van der Waals surface area (Å²) in [5, 5.41) is 11.5. The molecule has 0 aromatic heterocycles. The van der Waals surface area contributed by atoms with Gasteiger partial charge in [-0.1, -0.05) is 58.0 Å². The summed E-state index contributed by atoms with van der Waals surface area (Å²) in [7, 11) is 1.55. The number of benzene rings is 3. The molecule has 1 fully saturated rings. The van der Waals surface area contributed by atoms with Crippen molar-refractivity contribution in [1.82, 2.24) is 0 Å². The van der Waals surface area contributed by atoms with Crippen molar-refractivity contribution in [3.8, 4) is 11.5 Å². The highest BCUT2D eigenvalue weighted by Gasteiger charge is 2.47. The molecule has 0 bridgehead atoms. The fourth-order valence-corrected chi connectivity index (χ4v) is 4.67. The monoisotopic (exact) mass is 513 g/mol. The zero-order valence-corrected chi connectivity index (χ0v) is 22.9. The number of ketones is 1. The molecule has 1 aliphatic rings. The Labute approximate surface area is 224 Å². The average molecular weight is 514 g/mol. The molecule has 0 radical (unpaired) electrons. The van der Waals surface area contributed by atoms with Gasteiger partial charge in [-0.15, -0.1) is 0 Å². The number of hydrogen-bond acceptors (Lipinski definition) is 5. The third kappa shape index (κ3) is 5.17. The fourth-order valence-electron chi connectivity index (χ4n) is 4.67. The predicted molar refractivity (Wildman–Crippen MR) is 150 cm³/mol. The first kappa shape index (κ1) is 27.0. The van der Waals surface area contributed by atoms with E-state index in [9.17, 15) is 14.7 Å². The van der Waals surface area contributed by atoms with Crippen LogP contribution < -0.4 is 14.4 Å². The quantitative estimate of drug-likeness (QED) is 0.216. The van der Waals surface area contributed by atoms with Crippen LogP contribution in [0.3, 0.4) is 0 Å². The highest BCUT2D eigenvalue weighted by atomic mass is 16.5. The second-order valence-corrected chi connectivity index (χ2v) is 10.6. The van der Waals surface area contributed by atoms with Gasteiger partial charge in [0.1, 0.15) is 17.3 Å². The SMILES string of the molecule is CCCOc1ccc(/C(O)=C2\C(=O)C(=O)N(c3cccc(OC)c3)C2c2ccc(C(C)(C)C)cc2)cc1C. The van der Waals surface area contributed by atoms with Crippen molar-refractivity contribution in [2.45, 2.75) is 52.5 Å². The van der Waals surface area contributed by atoms with Gasteiger partial charge in [-0.05, 0) is 65.8 Å². The molecule has 0 saturated carbocycles. The second-order valence-electron chi connectivity index (χ2n) is 10.6. The van der Waals surface area contributed by atoms with Gasteiger partial charge in [0.25, 0.3) is 11.7 Å². The van der Waals surface area contributed by atoms with Crippen molar-refractivity contribution in [3.63, 3.8) is 0 Å². The van der Waals surface area contributed by atoms with Crippen LogP contribution in [0.5, 0.6) is 11.5 Å². The van der Waals surface area contributed by atoms with Gasteiger partial charge in [0.15, 0.2) is 0 Å². The van der Waals surface area contributed by atoms with Crippen molar-refractivity contribution in [3.05, 3.63) is 94.6 Å². The molecule has 1 heterocycles. The van der Waals surface area contributed by atoms with Crippen molar-refractivity contribution in [2.75, 3.05) is 18.6 Å². The van der Waals surface area contributed by atoms with Crippen LogP contribution in [-0.2, 0) is 15.0 Å². The van der Waals surface area contributed by atoms with E-state index in [1.807, 2.05) is 38.1 Å². The van der Waals surface area contributed by atoms with E-state index >= 15 is 0 Å². The Bertz CT molecular complexity index is 1380. The number of nitrogens with zero attached hydrogens (tertiary/aromatic N) is 1. The summed E-state index contributed by atoms with van der Waals surface area (Å²) in [6.45, 7) is 10.9. The maximum absolute atomic E-state index is 13.5. The minimum Gasteiger partial charge on any atom is -0.507 e. The lowest BCUT2D eigenvalue weighted by Crippen LogP contribution is -2.29. The summed E-state index contributed by atoms with van der Waals surface area (Å²) in [5.41, 5.74) is 3.62. The molecular formula is C32H35NO5. The summed E-state index contributed by atoms with van der Waals surface area (Å²) < 4.78 is 11.1. The first-order valence-corrected chi connectivity index (χ1v) is 12.9. The van der Waals surface area contributed by atoms with E-state index in [0.717, 1.165) is 28.9 Å². The highest BCUT2D eigenvalue weighted by molar-refractivity contribution is 6.51. The number of hydrogen-bond donors (Lipinski definition) is 1. The van der Waals surface area contributed by atoms with Crippen LogP contribution in [0, 0.1) is 6.92 Å². The van der Waals surface area contributed by atoms with Crippen molar-refractivity contribution >= 4 is 23.1 Å². The number of aliphatic hydroxyl groups is 1. The second kappa shape index (κ2) is 10.7. The van der Waals surface area contributed by atoms with Gasteiger partial charge in [-0.25, -0.2) is 0 Å². The molecule has 3 aromatic rings. The maximum Gasteiger partial charge on any atom is 0.300 e. The number of methoxy groups -OCH3 is 1. The minimum atomic E-state index is -0.813. The molecule has 1 N–H and O–H groups in total. The number of carbonyl (C=O) groups is 2. The number of anilines is 1. The number of aryl methyl sites for hydroxylation is 1. The summed E-state index contributed by atoms with van der Waals surface area (Å²) in [6, 6.07) is 19.3. The first-order valence-electron chi connectivity index (χ1n) is 12.9. The molecule has 1 saturated heterocycles. The Morgan fingerprint density at radius 1 is 1.00 bits per heavy atom. The van der Waals surface area contributed by atoms with E-state index < -0.39 is 17.7 Å². The topological polar surface area (TPSA) is 76.1 Å². The molecule has 1 atom stereocenters. The third-order valence-corrected chi connectivity index (χ3v) is 6.78. The van der Waals surface area contributed by atoms with E-state index in [4.69, 9.17) is 9.47 Å². The standard InChI is InChI=1S/C32H35NO5/c1-7-17-38-26-16-13-22(18-20(26)2)29(34)27-28(21-11-14-23(15-12-21)32(3,4)5)33(31(36)30(27)35)24-9-8-10-25(19-24)37-6/h8-16,18-19,28,34H,7,17H2,1-6H3/b29-27+. The van der Waals surface area contributed by atoms with Crippen LogP contribution >= 0.6 is 0 Å². The molecule has 1 unspecified atom stereocenters. The lowest BCUT2D eigenvalue weighted by molar-refractivity contribution is -0.132. The fraction of sp³-hybridized carbons (Fsp3) is 0.312. The van der Waals surface area contributed by atoms with Gasteiger partial charge in [-0.2, -0.15) is 0 Å². The molecule has 1 aliphatic heterocycles. The predicted octanol–water partition coefficient (Wildman–Crippen LogP) is 6.72. The van der Waals surface area contributed by atoms with Crippen LogP contribution in [0.25, 0.3) is 5.76 Å². The molecule has 3 aromatic carbocycles. The highest BCUT2D eigenvalue weighted by Crippen LogP contribution is 2.43. The van der Waals surface area contributed by atoms with Gasteiger partial charge >= 0.3 is 0 Å². The lowest BCUT2D eigenvalue weighted by atomic mass is 9.85. The number of amides is 1. The van der Waals surface area contributed by atoms with Gasteiger partial charge in [0.05, 0.1) is 25.3 Å². The Kier molecular flexibility index (Phi) is 7.63. The largest absolute Gasteiger partial charge is 0.507 e. The average Bonchev–Trinajstić information content (AvgIpc) is 3.17. The van der Waals surface area contributed by atoms with Gasteiger partial charge < -0.3 is 14.6 Å². The summed E-state index contributed by atoms with van der Waals surface area (Å²) in [6.07, 6.45) is 0.878. The minimum absolute atomic E-state index is 0.0444. The van der Waals surface area contributed by atoms with E-state index in [1.165, 1.54) is 4.90 Å². The number of aliphatic hydroxyl groups excluding tert-OH is 1. The Morgan fingerprint density at radius 3 is 2.32 bits per heavy atom. The Morgan fingerprint density at radius 2 is 1.71 bits per heavy atom. The maximum atomic E-state index is 13.5. The molecule has 0 aliphatic carbocycles. The molecule has 4 rings (SSSR count). The Hall–Kier alpha value is -4.06. The van der Waals surface area contributed by atoms with Gasteiger partial charge in [0, 0.05) is 17.3 Å². The van der Waals surface area contributed by atoms with E-state index in [1.54, 1.807) is 49.6 Å². The van der Waals surface area contributed by atoms with Crippen molar-refractivity contribution in [1.29, 1.82) is 0 Å². The van der Waals surface area contributed by atoms with Crippen LogP contribution in [0.1, 0.15) is 62.4 Å². The van der Waals surface area contributed by atoms with E-state index in [0.29, 0.717) is 23.6 Å². The zero-order valence-electron chi connectivity index (χ0n) is 22.9. The molecule has 6 heteroatoms. The number of rotatable bonds is 7. The van der Waals surface area contributed by atoms with Gasteiger partial charge in [-0.3, -0.25) is 14.5 Å². The van der Waals surface area contributed by atoms with Crippen LogP contribution in [0.2, 0.25) is 0 Å². The molecule has 6 nitrogen and oxygen atoms in total. The van der Waals surface area contributed by atoms with Crippen LogP contribution in [0.4, 0.5) is 5.69 Å². The number of carbonyl (C=O) groups excluding carboxylic acids is 2. The molecule has 198 valence electrons. The smallest absolute Gasteiger partial charge is 0.300 e. The van der Waals surface area contributed by atoms with Crippen molar-refractivity contribution in [2.24, 2.45) is 0 Å². The van der Waals surface area contributed by atoms with Crippen LogP contribution in [0.15, 0.2) is 72.3 Å². The molecule has 0 spiro atoms.